The molecule has 0 aliphatic carbocycles. The zero-order chi connectivity index (χ0) is 30.3. The Hall–Kier alpha value is -4.01. The molecule has 0 radical (unpaired) electrons. The second-order valence-electron chi connectivity index (χ2n) is 10.9. The first-order chi connectivity index (χ1) is 20.0. The molecule has 42 heavy (non-hydrogen) atoms. The van der Waals surface area contributed by atoms with Gasteiger partial charge in [0.1, 0.15) is 12.1 Å². The lowest BCUT2D eigenvalue weighted by atomic mass is 10.00. The number of carbonyl (C=O) groups is 1. The average Bonchev–Trinajstić information content (AvgIpc) is 2.95. The third-order valence-corrected chi connectivity index (χ3v) is 8.03. The van der Waals surface area contributed by atoms with Crippen molar-refractivity contribution in [3.8, 4) is 11.8 Å². The van der Waals surface area contributed by atoms with Gasteiger partial charge in [-0.3, -0.25) is 4.79 Å². The van der Waals surface area contributed by atoms with Crippen molar-refractivity contribution in [3.63, 3.8) is 0 Å². The van der Waals surface area contributed by atoms with Crippen molar-refractivity contribution in [3.05, 3.63) is 82.9 Å². The standard InChI is InChI=1S/C31H38N6O4S/c1-22(35-31(38)30-23(2)33-21-34-24(30)3)12-15-36-16-13-28(14-17-36)37(20-26-7-5-6-25(18-26)19-32)27-8-10-29(11-9-27)41-42(4,39)40/h5-11,18,21-22,28H,12-17,20H2,1-4H3,(H,35,38). The van der Waals surface area contributed by atoms with Crippen LogP contribution in [0.5, 0.6) is 5.75 Å². The molecule has 1 aromatic heterocycles. The van der Waals surface area contributed by atoms with E-state index in [-0.39, 0.29) is 23.7 Å². The number of piperidine rings is 1. The van der Waals surface area contributed by atoms with Crippen LogP contribution in [0.2, 0.25) is 0 Å². The molecule has 0 bridgehead atoms. The van der Waals surface area contributed by atoms with E-state index in [0.717, 1.165) is 56.4 Å². The summed E-state index contributed by atoms with van der Waals surface area (Å²) in [4.78, 5) is 25.9. The van der Waals surface area contributed by atoms with Crippen molar-refractivity contribution in [2.75, 3.05) is 30.8 Å². The van der Waals surface area contributed by atoms with Crippen LogP contribution in [0.1, 0.15) is 59.1 Å². The molecule has 10 nitrogen and oxygen atoms in total. The number of nitrogens with zero attached hydrogens (tertiary/aromatic N) is 5. The summed E-state index contributed by atoms with van der Waals surface area (Å²) in [6, 6.07) is 17.2. The van der Waals surface area contributed by atoms with Crippen LogP contribution in [0.15, 0.2) is 54.9 Å². The number of nitrogens with one attached hydrogen (secondary N) is 1. The molecule has 4 rings (SSSR count). The van der Waals surface area contributed by atoms with Crippen molar-refractivity contribution < 1.29 is 17.4 Å². The second kappa shape index (κ2) is 13.8. The number of hydrogen-bond acceptors (Lipinski definition) is 9. The molecule has 1 atom stereocenters. The number of amides is 1. The highest BCUT2D eigenvalue weighted by Gasteiger charge is 2.26. The first-order valence-corrected chi connectivity index (χ1v) is 15.9. The summed E-state index contributed by atoms with van der Waals surface area (Å²) in [5, 5.41) is 12.5. The lowest BCUT2D eigenvalue weighted by molar-refractivity contribution is 0.0932. The van der Waals surface area contributed by atoms with Crippen LogP contribution in [0.3, 0.4) is 0 Å². The number of carbonyl (C=O) groups excluding carboxylic acids is 1. The number of likely N-dealkylation sites (tertiary alicyclic amines) is 1. The van der Waals surface area contributed by atoms with Crippen LogP contribution >= 0.6 is 0 Å². The fraction of sp³-hybridized carbons (Fsp3) is 0.419. The van der Waals surface area contributed by atoms with Gasteiger partial charge in [-0.05, 0) is 82.0 Å². The molecule has 1 N–H and O–H groups in total. The maximum atomic E-state index is 12.8. The maximum absolute atomic E-state index is 12.8. The Bertz CT molecular complexity index is 1510. The van der Waals surface area contributed by atoms with Gasteiger partial charge in [-0.2, -0.15) is 13.7 Å². The zero-order valence-corrected chi connectivity index (χ0v) is 25.4. The van der Waals surface area contributed by atoms with Gasteiger partial charge in [0, 0.05) is 44.0 Å². The normalized spacial score (nSPS) is 15.0. The first-order valence-electron chi connectivity index (χ1n) is 14.1. The molecular weight excluding hydrogens is 552 g/mol. The summed E-state index contributed by atoms with van der Waals surface area (Å²) < 4.78 is 28.1. The molecular formula is C31H38N6O4S. The molecule has 222 valence electrons. The molecule has 0 spiro atoms. The number of hydrogen-bond donors (Lipinski definition) is 1. The summed E-state index contributed by atoms with van der Waals surface area (Å²) >= 11 is 0. The number of rotatable bonds is 11. The molecule has 1 saturated heterocycles. The second-order valence-corrected chi connectivity index (χ2v) is 12.5. The van der Waals surface area contributed by atoms with Gasteiger partial charge < -0.3 is 19.3 Å². The minimum atomic E-state index is -3.61. The van der Waals surface area contributed by atoms with Crippen molar-refractivity contribution >= 4 is 21.7 Å². The lowest BCUT2D eigenvalue weighted by Gasteiger charge is -2.40. The number of benzene rings is 2. The lowest BCUT2D eigenvalue weighted by Crippen LogP contribution is -2.46. The quantitative estimate of drug-likeness (QED) is 0.330. The van der Waals surface area contributed by atoms with Crippen molar-refractivity contribution in [1.82, 2.24) is 20.2 Å². The Kier molecular flexibility index (Phi) is 10.1. The highest BCUT2D eigenvalue weighted by Crippen LogP contribution is 2.28. The third-order valence-electron chi connectivity index (χ3n) is 7.53. The van der Waals surface area contributed by atoms with Gasteiger partial charge in [0.05, 0.1) is 34.8 Å². The van der Waals surface area contributed by atoms with E-state index in [1.54, 1.807) is 18.2 Å². The van der Waals surface area contributed by atoms with E-state index >= 15 is 0 Å². The molecule has 1 fully saturated rings. The zero-order valence-electron chi connectivity index (χ0n) is 24.6. The van der Waals surface area contributed by atoms with E-state index in [4.69, 9.17) is 4.18 Å². The van der Waals surface area contributed by atoms with Gasteiger partial charge in [-0.1, -0.05) is 12.1 Å². The third kappa shape index (κ3) is 8.50. The molecule has 2 aromatic carbocycles. The summed E-state index contributed by atoms with van der Waals surface area (Å²) in [5.41, 5.74) is 4.51. The minimum absolute atomic E-state index is 0.00538. The fourth-order valence-corrected chi connectivity index (χ4v) is 5.82. The van der Waals surface area contributed by atoms with Crippen LogP contribution in [0.4, 0.5) is 5.69 Å². The Balaban J connectivity index is 1.38. The smallest absolute Gasteiger partial charge is 0.306 e. The van der Waals surface area contributed by atoms with E-state index in [0.29, 0.717) is 29.1 Å². The molecule has 0 saturated carbocycles. The van der Waals surface area contributed by atoms with Crippen molar-refractivity contribution in [1.29, 1.82) is 5.26 Å². The van der Waals surface area contributed by atoms with Gasteiger partial charge in [0.15, 0.2) is 0 Å². The van der Waals surface area contributed by atoms with E-state index in [9.17, 15) is 18.5 Å². The predicted octanol–water partition coefficient (Wildman–Crippen LogP) is 3.98. The van der Waals surface area contributed by atoms with Crippen LogP contribution < -0.4 is 14.4 Å². The number of aromatic nitrogens is 2. The Labute approximate surface area is 248 Å². The van der Waals surface area contributed by atoms with Gasteiger partial charge in [-0.25, -0.2) is 9.97 Å². The van der Waals surface area contributed by atoms with E-state index in [2.05, 4.69) is 31.2 Å². The molecule has 2 heterocycles. The van der Waals surface area contributed by atoms with E-state index in [1.165, 1.54) is 6.33 Å². The van der Waals surface area contributed by atoms with Crippen LogP contribution in [0.25, 0.3) is 0 Å². The van der Waals surface area contributed by atoms with Crippen LogP contribution in [-0.4, -0.2) is 67.2 Å². The highest BCUT2D eigenvalue weighted by atomic mass is 32.2. The fourth-order valence-electron chi connectivity index (χ4n) is 5.36. The molecule has 1 aliphatic heterocycles. The number of aryl methyl sites for hydroxylation is 2. The Morgan fingerprint density at radius 3 is 2.43 bits per heavy atom. The van der Waals surface area contributed by atoms with Gasteiger partial charge in [0.25, 0.3) is 5.91 Å². The molecule has 1 unspecified atom stereocenters. The van der Waals surface area contributed by atoms with Crippen LogP contribution in [-0.2, 0) is 16.7 Å². The molecule has 1 amide bonds. The van der Waals surface area contributed by atoms with Gasteiger partial charge in [0.2, 0.25) is 0 Å². The Morgan fingerprint density at radius 1 is 1.14 bits per heavy atom. The van der Waals surface area contributed by atoms with Gasteiger partial charge >= 0.3 is 10.1 Å². The molecule has 3 aromatic rings. The summed E-state index contributed by atoms with van der Waals surface area (Å²) in [6.45, 7) is 8.99. The topological polar surface area (TPSA) is 129 Å². The summed E-state index contributed by atoms with van der Waals surface area (Å²) in [5.74, 6) is 0.134. The molecule has 1 aliphatic rings. The monoisotopic (exact) mass is 590 g/mol. The minimum Gasteiger partial charge on any atom is -0.383 e. The number of nitriles is 1. The van der Waals surface area contributed by atoms with Crippen LogP contribution in [0, 0.1) is 25.2 Å². The SMILES string of the molecule is Cc1ncnc(C)c1C(=O)NC(C)CCN1CCC(N(Cc2cccc(C#N)c2)c2ccc(OS(C)(=O)=O)cc2)CC1. The van der Waals surface area contributed by atoms with E-state index in [1.807, 2.05) is 51.1 Å². The van der Waals surface area contributed by atoms with Crippen molar-refractivity contribution in [2.24, 2.45) is 0 Å². The average molecular weight is 591 g/mol. The largest absolute Gasteiger partial charge is 0.383 e. The number of anilines is 1. The van der Waals surface area contributed by atoms with E-state index < -0.39 is 10.1 Å². The summed E-state index contributed by atoms with van der Waals surface area (Å²) in [6.07, 6.45) is 5.22. The summed E-state index contributed by atoms with van der Waals surface area (Å²) in [7, 11) is -3.61. The van der Waals surface area contributed by atoms with Gasteiger partial charge in [-0.15, -0.1) is 0 Å². The highest BCUT2D eigenvalue weighted by molar-refractivity contribution is 7.86. The van der Waals surface area contributed by atoms with Crippen molar-refractivity contribution in [2.45, 2.75) is 58.7 Å². The maximum Gasteiger partial charge on any atom is 0.306 e. The Morgan fingerprint density at radius 2 is 1.81 bits per heavy atom. The predicted molar refractivity (Wildman–Crippen MR) is 162 cm³/mol. The first kappa shape index (κ1) is 30.9. The molecule has 11 heteroatoms.